The van der Waals surface area contributed by atoms with E-state index in [9.17, 15) is 18.0 Å². The maximum absolute atomic E-state index is 12.8. The summed E-state index contributed by atoms with van der Waals surface area (Å²) in [4.78, 5) is 11.7. The van der Waals surface area contributed by atoms with Crippen molar-refractivity contribution in [1.29, 1.82) is 0 Å². The first-order valence-electron chi connectivity index (χ1n) is 6.10. The molecule has 1 aromatic carbocycles. The molecule has 0 unspecified atom stereocenters. The third-order valence-electron chi connectivity index (χ3n) is 2.69. The second-order valence-electron chi connectivity index (χ2n) is 4.46. The minimum atomic E-state index is -4.49. The Bertz CT molecular complexity index is 722. The van der Waals surface area contributed by atoms with Crippen molar-refractivity contribution < 1.29 is 18.0 Å². The molecule has 22 heavy (non-hydrogen) atoms. The molecule has 0 spiro atoms. The van der Waals surface area contributed by atoms with Crippen LogP contribution in [0.2, 0.25) is 0 Å². The normalized spacial score (nSPS) is 11.9. The zero-order valence-electron chi connectivity index (χ0n) is 11.4. The molecule has 1 amide bonds. The summed E-state index contributed by atoms with van der Waals surface area (Å²) in [5.74, 6) is -0.528. The van der Waals surface area contributed by atoms with Crippen molar-refractivity contribution >= 4 is 33.6 Å². The van der Waals surface area contributed by atoms with E-state index in [0.717, 1.165) is 6.07 Å². The molecule has 0 atom stereocenters. The molecule has 0 saturated heterocycles. The number of aromatic nitrogens is 2. The van der Waals surface area contributed by atoms with Gasteiger partial charge >= 0.3 is 6.18 Å². The van der Waals surface area contributed by atoms with Crippen LogP contribution in [-0.4, -0.2) is 15.7 Å². The van der Waals surface area contributed by atoms with Gasteiger partial charge in [-0.1, -0.05) is 15.9 Å². The van der Waals surface area contributed by atoms with E-state index in [1.807, 2.05) is 0 Å². The summed E-state index contributed by atoms with van der Waals surface area (Å²) in [7, 11) is 1.73. The van der Waals surface area contributed by atoms with Gasteiger partial charge < -0.3 is 5.32 Å². The number of benzene rings is 1. The molecule has 4 nitrogen and oxygen atoms in total. The molecule has 8 heteroatoms. The summed E-state index contributed by atoms with van der Waals surface area (Å²) >= 11 is 2.84. The van der Waals surface area contributed by atoms with Crippen LogP contribution < -0.4 is 5.32 Å². The van der Waals surface area contributed by atoms with Crippen LogP contribution in [0, 0.1) is 0 Å². The van der Waals surface area contributed by atoms with Gasteiger partial charge in [-0.3, -0.25) is 9.48 Å². The molecular formula is C14H11BrF3N3O. The molecule has 1 heterocycles. The van der Waals surface area contributed by atoms with Crippen LogP contribution in [0.25, 0.3) is 6.08 Å². The van der Waals surface area contributed by atoms with Crippen LogP contribution in [-0.2, 0) is 18.0 Å². The van der Waals surface area contributed by atoms with Gasteiger partial charge in [0.15, 0.2) is 0 Å². The minimum Gasteiger partial charge on any atom is -0.322 e. The van der Waals surface area contributed by atoms with Crippen LogP contribution in [0.3, 0.4) is 0 Å². The molecular weight excluding hydrogens is 363 g/mol. The van der Waals surface area contributed by atoms with Crippen molar-refractivity contribution in [2.75, 3.05) is 5.32 Å². The van der Waals surface area contributed by atoms with Gasteiger partial charge in [0, 0.05) is 35.0 Å². The van der Waals surface area contributed by atoms with Gasteiger partial charge in [-0.15, -0.1) is 0 Å². The highest BCUT2D eigenvalue weighted by molar-refractivity contribution is 9.10. The number of rotatable bonds is 3. The third-order valence-corrected chi connectivity index (χ3v) is 3.38. The first-order chi connectivity index (χ1) is 10.3. The fourth-order valence-corrected chi connectivity index (χ4v) is 2.17. The number of anilines is 1. The molecule has 2 aromatic rings. The number of hydrogen-bond acceptors (Lipinski definition) is 2. The lowest BCUT2D eigenvalue weighted by atomic mass is 10.2. The summed E-state index contributed by atoms with van der Waals surface area (Å²) in [5.41, 5.74) is -0.0673. The zero-order chi connectivity index (χ0) is 16.3. The van der Waals surface area contributed by atoms with Gasteiger partial charge in [0.25, 0.3) is 0 Å². The maximum atomic E-state index is 12.8. The van der Waals surface area contributed by atoms with E-state index in [0.29, 0.717) is 5.56 Å². The molecule has 116 valence electrons. The standard InChI is InChI=1S/C14H11BrF3N3O/c1-21-8-9(7-19-21)2-5-13(22)20-10-3-4-12(15)11(6-10)14(16,17)18/h2-8H,1H3,(H,20,22)/b5-2+. The smallest absolute Gasteiger partial charge is 0.322 e. The van der Waals surface area contributed by atoms with E-state index in [-0.39, 0.29) is 10.2 Å². The molecule has 0 aliphatic heterocycles. The fraction of sp³-hybridized carbons (Fsp3) is 0.143. The van der Waals surface area contributed by atoms with Crippen LogP contribution in [0.1, 0.15) is 11.1 Å². The highest BCUT2D eigenvalue weighted by atomic mass is 79.9. The summed E-state index contributed by atoms with van der Waals surface area (Å²) in [6.45, 7) is 0. The van der Waals surface area contributed by atoms with Crippen molar-refractivity contribution in [2.24, 2.45) is 7.05 Å². The average molecular weight is 374 g/mol. The monoisotopic (exact) mass is 373 g/mol. The van der Waals surface area contributed by atoms with Gasteiger partial charge in [-0.05, 0) is 24.3 Å². The highest BCUT2D eigenvalue weighted by Gasteiger charge is 2.33. The second-order valence-corrected chi connectivity index (χ2v) is 5.32. The molecule has 0 fully saturated rings. The number of alkyl halides is 3. The Balaban J connectivity index is 2.10. The Morgan fingerprint density at radius 3 is 2.73 bits per heavy atom. The van der Waals surface area contributed by atoms with E-state index in [2.05, 4.69) is 26.3 Å². The van der Waals surface area contributed by atoms with E-state index in [1.165, 1.54) is 24.3 Å². The lowest BCUT2D eigenvalue weighted by Crippen LogP contribution is -2.11. The first kappa shape index (κ1) is 16.3. The van der Waals surface area contributed by atoms with Gasteiger partial charge in [-0.2, -0.15) is 18.3 Å². The van der Waals surface area contributed by atoms with Gasteiger partial charge in [-0.25, -0.2) is 0 Å². The lowest BCUT2D eigenvalue weighted by molar-refractivity contribution is -0.138. The van der Waals surface area contributed by atoms with Gasteiger partial charge in [0.1, 0.15) is 0 Å². The van der Waals surface area contributed by atoms with E-state index < -0.39 is 17.6 Å². The maximum Gasteiger partial charge on any atom is 0.417 e. The molecule has 2 rings (SSSR count). The molecule has 0 radical (unpaired) electrons. The van der Waals surface area contributed by atoms with Gasteiger partial charge in [0.2, 0.25) is 5.91 Å². The average Bonchev–Trinajstić information content (AvgIpc) is 2.83. The number of hydrogen-bond donors (Lipinski definition) is 1. The van der Waals surface area contributed by atoms with Crippen LogP contribution in [0.15, 0.2) is 41.1 Å². The summed E-state index contributed by atoms with van der Waals surface area (Å²) in [5, 5.41) is 6.32. The van der Waals surface area contributed by atoms with Crippen LogP contribution >= 0.6 is 15.9 Å². The third kappa shape index (κ3) is 4.20. The lowest BCUT2D eigenvalue weighted by Gasteiger charge is -2.11. The summed E-state index contributed by atoms with van der Waals surface area (Å²) in [6, 6.07) is 3.50. The summed E-state index contributed by atoms with van der Waals surface area (Å²) < 4.78 is 39.8. The van der Waals surface area contributed by atoms with Crippen molar-refractivity contribution in [1.82, 2.24) is 9.78 Å². The minimum absolute atomic E-state index is 0.0661. The molecule has 0 bridgehead atoms. The number of aryl methyl sites for hydroxylation is 1. The Morgan fingerprint density at radius 1 is 1.41 bits per heavy atom. The van der Waals surface area contributed by atoms with Crippen LogP contribution in [0.5, 0.6) is 0 Å². The highest BCUT2D eigenvalue weighted by Crippen LogP contribution is 2.36. The summed E-state index contributed by atoms with van der Waals surface area (Å²) in [6.07, 6.45) is 1.51. The fourth-order valence-electron chi connectivity index (χ4n) is 1.70. The van der Waals surface area contributed by atoms with E-state index in [1.54, 1.807) is 24.1 Å². The molecule has 1 N–H and O–H groups in total. The van der Waals surface area contributed by atoms with E-state index in [4.69, 9.17) is 0 Å². The Morgan fingerprint density at radius 2 is 2.14 bits per heavy atom. The molecule has 0 aliphatic carbocycles. The largest absolute Gasteiger partial charge is 0.417 e. The predicted molar refractivity (Wildman–Crippen MR) is 80.0 cm³/mol. The molecule has 0 saturated carbocycles. The van der Waals surface area contributed by atoms with Crippen molar-refractivity contribution in [3.05, 3.63) is 52.3 Å². The Hall–Kier alpha value is -2.09. The number of nitrogens with zero attached hydrogens (tertiary/aromatic N) is 2. The Labute approximate surface area is 132 Å². The van der Waals surface area contributed by atoms with E-state index >= 15 is 0 Å². The van der Waals surface area contributed by atoms with Crippen molar-refractivity contribution in [2.45, 2.75) is 6.18 Å². The topological polar surface area (TPSA) is 46.9 Å². The number of nitrogens with one attached hydrogen (secondary N) is 1. The SMILES string of the molecule is Cn1cc(/C=C/C(=O)Nc2ccc(Br)c(C(F)(F)F)c2)cn1. The second kappa shape index (κ2) is 6.35. The molecule has 0 aliphatic rings. The number of carbonyl (C=O) groups excluding carboxylic acids is 1. The quantitative estimate of drug-likeness (QED) is 0.830. The zero-order valence-corrected chi connectivity index (χ0v) is 12.9. The first-order valence-corrected chi connectivity index (χ1v) is 6.89. The molecule has 1 aromatic heterocycles. The Kier molecular flexibility index (Phi) is 4.70. The van der Waals surface area contributed by atoms with Crippen LogP contribution in [0.4, 0.5) is 18.9 Å². The van der Waals surface area contributed by atoms with Crippen molar-refractivity contribution in [3.63, 3.8) is 0 Å². The number of halogens is 4. The predicted octanol–water partition coefficient (Wildman–Crippen LogP) is 3.85. The van der Waals surface area contributed by atoms with Crippen molar-refractivity contribution in [3.8, 4) is 0 Å². The van der Waals surface area contributed by atoms with Gasteiger partial charge in [0.05, 0.1) is 11.8 Å². The number of amides is 1. The number of carbonyl (C=O) groups is 1.